The Morgan fingerprint density at radius 1 is 1.30 bits per heavy atom. The number of rotatable bonds is 7. The van der Waals surface area contributed by atoms with E-state index >= 15 is 0 Å². The summed E-state index contributed by atoms with van der Waals surface area (Å²) in [5.74, 6) is 0.106. The van der Waals surface area contributed by atoms with E-state index in [1.54, 1.807) is 12.0 Å². The topological polar surface area (TPSA) is 61.9 Å². The van der Waals surface area contributed by atoms with E-state index in [1.807, 2.05) is 32.2 Å². The number of carbonyl (C=O) groups is 2. The fraction of sp³-hybridized carbons (Fsp3) is 0.619. The third-order valence-electron chi connectivity index (χ3n) is 5.92. The molecule has 27 heavy (non-hydrogen) atoms. The number of piperidine rings is 1. The number of hydrogen-bond donors (Lipinski definition) is 1. The second-order valence-electron chi connectivity index (χ2n) is 7.62. The van der Waals surface area contributed by atoms with E-state index in [1.165, 1.54) is 0 Å². The summed E-state index contributed by atoms with van der Waals surface area (Å²) >= 11 is 0. The monoisotopic (exact) mass is 373 g/mol. The van der Waals surface area contributed by atoms with Crippen molar-refractivity contribution in [2.75, 3.05) is 51.8 Å². The van der Waals surface area contributed by atoms with Crippen LogP contribution in [0.1, 0.15) is 48.5 Å². The minimum Gasteiger partial charge on any atom is -0.385 e. The van der Waals surface area contributed by atoms with E-state index in [-0.39, 0.29) is 11.8 Å². The Hall–Kier alpha value is -1.92. The molecule has 1 N–H and O–H groups in total. The summed E-state index contributed by atoms with van der Waals surface area (Å²) in [6, 6.07) is 5.70. The van der Waals surface area contributed by atoms with Gasteiger partial charge in [0.2, 0.25) is 5.91 Å². The number of likely N-dealkylation sites (N-methyl/N-ethyl adjacent to an activating group) is 1. The van der Waals surface area contributed by atoms with Crippen LogP contribution >= 0.6 is 0 Å². The molecule has 2 aliphatic heterocycles. The van der Waals surface area contributed by atoms with Crippen LogP contribution in [0.4, 0.5) is 5.69 Å². The number of benzene rings is 1. The largest absolute Gasteiger partial charge is 0.385 e. The summed E-state index contributed by atoms with van der Waals surface area (Å²) in [5.41, 5.74) is 2.13. The molecule has 6 nitrogen and oxygen atoms in total. The van der Waals surface area contributed by atoms with Crippen LogP contribution in [0.2, 0.25) is 0 Å². The van der Waals surface area contributed by atoms with Crippen LogP contribution in [0.15, 0.2) is 18.2 Å². The maximum absolute atomic E-state index is 13.1. The van der Waals surface area contributed by atoms with E-state index in [0.717, 1.165) is 63.2 Å². The normalized spacial score (nSPS) is 18.8. The van der Waals surface area contributed by atoms with Crippen LogP contribution in [-0.2, 0) is 14.9 Å². The zero-order chi connectivity index (χ0) is 19.4. The van der Waals surface area contributed by atoms with Crippen molar-refractivity contribution < 1.29 is 14.3 Å². The number of nitrogens with zero attached hydrogens (tertiary/aromatic N) is 2. The Morgan fingerprint density at radius 2 is 2.04 bits per heavy atom. The van der Waals surface area contributed by atoms with Gasteiger partial charge >= 0.3 is 0 Å². The predicted molar refractivity (Wildman–Crippen MR) is 106 cm³/mol. The number of fused-ring (bicyclic) bond motifs is 2. The number of anilines is 1. The smallest absolute Gasteiger partial charge is 0.251 e. The summed E-state index contributed by atoms with van der Waals surface area (Å²) in [6.45, 7) is 6.26. The molecule has 1 saturated heterocycles. The quantitative estimate of drug-likeness (QED) is 0.744. The number of carbonyl (C=O) groups excluding carboxylic acids is 2. The van der Waals surface area contributed by atoms with Crippen LogP contribution < -0.4 is 10.2 Å². The summed E-state index contributed by atoms with van der Waals surface area (Å²) < 4.78 is 5.14. The van der Waals surface area contributed by atoms with Crippen molar-refractivity contribution in [1.82, 2.24) is 10.2 Å². The molecule has 2 aliphatic rings. The first kappa shape index (κ1) is 19.8. The molecule has 0 bridgehead atoms. The molecule has 148 valence electrons. The Kier molecular flexibility index (Phi) is 6.17. The van der Waals surface area contributed by atoms with Gasteiger partial charge in [-0.2, -0.15) is 0 Å². The van der Waals surface area contributed by atoms with Gasteiger partial charge in [0.25, 0.3) is 5.91 Å². The highest BCUT2D eigenvalue weighted by molar-refractivity contribution is 6.09. The molecule has 1 aromatic carbocycles. The second kappa shape index (κ2) is 8.40. The zero-order valence-corrected chi connectivity index (χ0v) is 16.7. The first-order valence-electron chi connectivity index (χ1n) is 9.95. The molecule has 2 amide bonds. The Morgan fingerprint density at radius 3 is 2.70 bits per heavy atom. The molecule has 0 aromatic heterocycles. The van der Waals surface area contributed by atoms with E-state index in [9.17, 15) is 9.59 Å². The summed E-state index contributed by atoms with van der Waals surface area (Å²) in [4.78, 5) is 29.7. The van der Waals surface area contributed by atoms with Gasteiger partial charge in [0, 0.05) is 45.1 Å². The fourth-order valence-corrected chi connectivity index (χ4v) is 4.31. The van der Waals surface area contributed by atoms with Crippen LogP contribution in [0.3, 0.4) is 0 Å². The second-order valence-corrected chi connectivity index (χ2v) is 7.62. The van der Waals surface area contributed by atoms with Crippen molar-refractivity contribution in [1.29, 1.82) is 0 Å². The molecule has 0 unspecified atom stereocenters. The van der Waals surface area contributed by atoms with E-state index < -0.39 is 5.41 Å². The molecule has 1 fully saturated rings. The average Bonchev–Trinajstić information content (AvgIpc) is 2.89. The van der Waals surface area contributed by atoms with Crippen LogP contribution in [-0.4, -0.2) is 63.7 Å². The highest BCUT2D eigenvalue weighted by Crippen LogP contribution is 2.47. The third-order valence-corrected chi connectivity index (χ3v) is 5.92. The number of nitrogens with one attached hydrogen (secondary N) is 1. The molecule has 3 rings (SSSR count). The molecule has 0 atom stereocenters. The van der Waals surface area contributed by atoms with Crippen LogP contribution in [0.25, 0.3) is 0 Å². The third kappa shape index (κ3) is 3.73. The molecular formula is C21H31N3O3. The summed E-state index contributed by atoms with van der Waals surface area (Å²) in [7, 11) is 3.57. The minimum absolute atomic E-state index is 0.0613. The first-order valence-corrected chi connectivity index (χ1v) is 9.95. The Labute approximate surface area is 161 Å². The average molecular weight is 373 g/mol. The highest BCUT2D eigenvalue weighted by Gasteiger charge is 2.51. The molecule has 0 aliphatic carbocycles. The SMILES string of the molecule is CCCNC(=O)c1ccc2c(c1)C1(CCN(CCCOC)CC1)C(=O)N2C. The predicted octanol–water partition coefficient (Wildman–Crippen LogP) is 2.17. The van der Waals surface area contributed by atoms with Gasteiger partial charge in [-0.1, -0.05) is 6.92 Å². The van der Waals surface area contributed by atoms with Gasteiger partial charge in [0.1, 0.15) is 0 Å². The highest BCUT2D eigenvalue weighted by atomic mass is 16.5. The Bertz CT molecular complexity index is 696. The lowest BCUT2D eigenvalue weighted by atomic mass is 9.73. The lowest BCUT2D eigenvalue weighted by Crippen LogP contribution is -2.48. The molecule has 2 heterocycles. The van der Waals surface area contributed by atoms with Crippen molar-refractivity contribution in [2.24, 2.45) is 0 Å². The summed E-state index contributed by atoms with van der Waals surface area (Å²) in [6.07, 6.45) is 3.52. The van der Waals surface area contributed by atoms with Crippen molar-refractivity contribution in [3.8, 4) is 0 Å². The van der Waals surface area contributed by atoms with E-state index in [2.05, 4.69) is 10.2 Å². The fourth-order valence-electron chi connectivity index (χ4n) is 4.31. The van der Waals surface area contributed by atoms with Gasteiger partial charge < -0.3 is 19.9 Å². The number of likely N-dealkylation sites (tertiary alicyclic amines) is 1. The summed E-state index contributed by atoms with van der Waals surface area (Å²) in [5, 5.41) is 2.93. The molecular weight excluding hydrogens is 342 g/mol. The maximum atomic E-state index is 13.1. The maximum Gasteiger partial charge on any atom is 0.251 e. The minimum atomic E-state index is -0.483. The molecule has 1 spiro atoms. The standard InChI is InChI=1S/C21H31N3O3/c1-4-10-22-19(25)16-6-7-18-17(15-16)21(20(26)23(18)2)8-12-24(13-9-21)11-5-14-27-3/h6-7,15H,4-5,8-14H2,1-3H3,(H,22,25). The lowest BCUT2D eigenvalue weighted by molar-refractivity contribution is -0.124. The molecule has 0 saturated carbocycles. The number of ether oxygens (including phenoxy) is 1. The van der Waals surface area contributed by atoms with Crippen molar-refractivity contribution in [3.63, 3.8) is 0 Å². The number of methoxy groups -OCH3 is 1. The van der Waals surface area contributed by atoms with Gasteiger partial charge in [-0.05, 0) is 62.5 Å². The van der Waals surface area contributed by atoms with Crippen LogP contribution in [0, 0.1) is 0 Å². The van der Waals surface area contributed by atoms with Gasteiger partial charge in [0.05, 0.1) is 5.41 Å². The van der Waals surface area contributed by atoms with Crippen LogP contribution in [0.5, 0.6) is 0 Å². The molecule has 1 aromatic rings. The van der Waals surface area contributed by atoms with E-state index in [4.69, 9.17) is 4.74 Å². The van der Waals surface area contributed by atoms with E-state index in [0.29, 0.717) is 12.1 Å². The van der Waals surface area contributed by atoms with Gasteiger partial charge in [0.15, 0.2) is 0 Å². The van der Waals surface area contributed by atoms with Crippen molar-refractivity contribution in [2.45, 2.75) is 38.0 Å². The number of amides is 2. The Balaban J connectivity index is 1.80. The van der Waals surface area contributed by atoms with Crippen molar-refractivity contribution >= 4 is 17.5 Å². The first-order chi connectivity index (χ1) is 13.0. The molecule has 0 radical (unpaired) electrons. The number of hydrogen-bond acceptors (Lipinski definition) is 4. The lowest BCUT2D eigenvalue weighted by Gasteiger charge is -2.38. The van der Waals surface area contributed by atoms with Crippen molar-refractivity contribution in [3.05, 3.63) is 29.3 Å². The zero-order valence-electron chi connectivity index (χ0n) is 16.7. The molecule has 6 heteroatoms. The van der Waals surface area contributed by atoms with Gasteiger partial charge in [-0.25, -0.2) is 0 Å². The van der Waals surface area contributed by atoms with Gasteiger partial charge in [-0.3, -0.25) is 9.59 Å². The van der Waals surface area contributed by atoms with Gasteiger partial charge in [-0.15, -0.1) is 0 Å².